The van der Waals surface area contributed by atoms with E-state index in [1.165, 1.54) is 0 Å². The molecule has 0 saturated carbocycles. The summed E-state index contributed by atoms with van der Waals surface area (Å²) in [6.45, 7) is 0.0320. The SMILES string of the molecule is OCC(Nc1nc(-c2ccccc2)cs1)c1ccccc1. The van der Waals surface area contributed by atoms with Gasteiger partial charge in [0.1, 0.15) is 0 Å². The van der Waals surface area contributed by atoms with Crippen LogP contribution in [0.3, 0.4) is 0 Å². The molecule has 1 atom stereocenters. The van der Waals surface area contributed by atoms with E-state index < -0.39 is 0 Å². The van der Waals surface area contributed by atoms with E-state index >= 15 is 0 Å². The van der Waals surface area contributed by atoms with E-state index in [2.05, 4.69) is 10.3 Å². The van der Waals surface area contributed by atoms with Crippen LogP contribution in [0.4, 0.5) is 5.13 Å². The standard InChI is InChI=1S/C17H16N2OS/c20-11-15(13-7-3-1-4-8-13)18-17-19-16(12-21-17)14-9-5-2-6-10-14/h1-10,12,15,20H,11H2,(H,18,19). The van der Waals surface area contributed by atoms with E-state index in [0.717, 1.165) is 22.0 Å². The fraction of sp³-hybridized carbons (Fsp3) is 0.118. The number of nitrogens with zero attached hydrogens (tertiary/aromatic N) is 1. The highest BCUT2D eigenvalue weighted by Crippen LogP contribution is 2.27. The third kappa shape index (κ3) is 3.29. The molecule has 3 nitrogen and oxygen atoms in total. The summed E-state index contributed by atoms with van der Waals surface area (Å²) in [6.07, 6.45) is 0. The number of benzene rings is 2. The number of thiazole rings is 1. The lowest BCUT2D eigenvalue weighted by atomic mass is 10.1. The number of aromatic nitrogens is 1. The molecule has 0 radical (unpaired) electrons. The first-order valence-electron chi connectivity index (χ1n) is 6.80. The second-order valence-corrected chi connectivity index (χ2v) is 5.55. The molecule has 3 rings (SSSR count). The molecule has 2 N–H and O–H groups in total. The van der Waals surface area contributed by atoms with Crippen LogP contribution < -0.4 is 5.32 Å². The van der Waals surface area contributed by atoms with Crippen LogP contribution in [0.5, 0.6) is 0 Å². The van der Waals surface area contributed by atoms with Crippen molar-refractivity contribution in [1.82, 2.24) is 4.98 Å². The summed E-state index contributed by atoms with van der Waals surface area (Å²) in [7, 11) is 0. The number of hydrogen-bond donors (Lipinski definition) is 2. The monoisotopic (exact) mass is 296 g/mol. The summed E-state index contributed by atoms with van der Waals surface area (Å²) >= 11 is 1.55. The third-order valence-electron chi connectivity index (χ3n) is 3.26. The molecule has 3 aromatic rings. The van der Waals surface area contributed by atoms with Gasteiger partial charge in [-0.1, -0.05) is 60.7 Å². The van der Waals surface area contributed by atoms with Crippen molar-refractivity contribution in [1.29, 1.82) is 0 Å². The lowest BCUT2D eigenvalue weighted by Gasteiger charge is -2.15. The van der Waals surface area contributed by atoms with E-state index in [0.29, 0.717) is 0 Å². The average Bonchev–Trinajstić information content (AvgIpc) is 3.03. The zero-order chi connectivity index (χ0) is 14.5. The molecule has 1 heterocycles. The average molecular weight is 296 g/mol. The largest absolute Gasteiger partial charge is 0.394 e. The fourth-order valence-corrected chi connectivity index (χ4v) is 2.92. The third-order valence-corrected chi connectivity index (χ3v) is 4.03. The number of anilines is 1. The lowest BCUT2D eigenvalue weighted by molar-refractivity contribution is 0.276. The van der Waals surface area contributed by atoms with Gasteiger partial charge in [0, 0.05) is 10.9 Å². The minimum atomic E-state index is -0.138. The van der Waals surface area contributed by atoms with Gasteiger partial charge >= 0.3 is 0 Å². The molecular formula is C17H16N2OS. The minimum absolute atomic E-state index is 0.0320. The van der Waals surface area contributed by atoms with Crippen molar-refractivity contribution < 1.29 is 5.11 Å². The van der Waals surface area contributed by atoms with Gasteiger partial charge in [0.05, 0.1) is 18.3 Å². The first kappa shape index (κ1) is 13.8. The van der Waals surface area contributed by atoms with Crippen molar-refractivity contribution in [3.8, 4) is 11.3 Å². The number of hydrogen-bond acceptors (Lipinski definition) is 4. The molecule has 2 aromatic carbocycles. The highest BCUT2D eigenvalue weighted by molar-refractivity contribution is 7.14. The predicted octanol–water partition coefficient (Wildman–Crippen LogP) is 3.96. The Morgan fingerprint density at radius 2 is 1.67 bits per heavy atom. The summed E-state index contributed by atoms with van der Waals surface area (Å²) < 4.78 is 0. The molecule has 0 aliphatic heterocycles. The zero-order valence-corrected chi connectivity index (χ0v) is 12.3. The number of aliphatic hydroxyl groups excluding tert-OH is 1. The maximum absolute atomic E-state index is 9.58. The maximum Gasteiger partial charge on any atom is 0.183 e. The van der Waals surface area contributed by atoms with Crippen LogP contribution in [0.25, 0.3) is 11.3 Å². The Labute approximate surface area is 127 Å². The Morgan fingerprint density at radius 3 is 2.33 bits per heavy atom. The molecule has 0 bridgehead atoms. The number of aliphatic hydroxyl groups is 1. The zero-order valence-electron chi connectivity index (χ0n) is 11.4. The molecule has 0 aliphatic rings. The fourth-order valence-electron chi connectivity index (χ4n) is 2.15. The summed E-state index contributed by atoms with van der Waals surface area (Å²) in [4.78, 5) is 4.59. The molecule has 0 spiro atoms. The summed E-state index contributed by atoms with van der Waals surface area (Å²) in [6, 6.07) is 19.8. The van der Waals surface area contributed by atoms with Crippen molar-refractivity contribution in [2.75, 3.05) is 11.9 Å². The molecule has 1 aromatic heterocycles. The van der Waals surface area contributed by atoms with Crippen LogP contribution in [-0.4, -0.2) is 16.7 Å². The molecule has 21 heavy (non-hydrogen) atoms. The minimum Gasteiger partial charge on any atom is -0.394 e. The van der Waals surface area contributed by atoms with Gasteiger partial charge in [-0.2, -0.15) is 0 Å². The molecule has 0 fully saturated rings. The Balaban J connectivity index is 1.78. The highest BCUT2D eigenvalue weighted by Gasteiger charge is 2.12. The maximum atomic E-state index is 9.58. The van der Waals surface area contributed by atoms with E-state index in [1.54, 1.807) is 11.3 Å². The van der Waals surface area contributed by atoms with Gasteiger partial charge < -0.3 is 10.4 Å². The van der Waals surface area contributed by atoms with E-state index in [-0.39, 0.29) is 12.6 Å². The highest BCUT2D eigenvalue weighted by atomic mass is 32.1. The Hall–Kier alpha value is -2.17. The smallest absolute Gasteiger partial charge is 0.183 e. The molecular weight excluding hydrogens is 280 g/mol. The lowest BCUT2D eigenvalue weighted by Crippen LogP contribution is -2.14. The molecule has 0 amide bonds. The summed E-state index contributed by atoms with van der Waals surface area (Å²) in [5.74, 6) is 0. The van der Waals surface area contributed by atoms with Gasteiger partial charge in [-0.05, 0) is 5.56 Å². The normalized spacial score (nSPS) is 12.0. The first-order chi connectivity index (χ1) is 10.4. The predicted molar refractivity (Wildman–Crippen MR) is 87.4 cm³/mol. The molecule has 106 valence electrons. The van der Waals surface area contributed by atoms with Crippen LogP contribution in [0.2, 0.25) is 0 Å². The summed E-state index contributed by atoms with van der Waals surface area (Å²) in [5.41, 5.74) is 3.10. The van der Waals surface area contributed by atoms with Crippen molar-refractivity contribution >= 4 is 16.5 Å². The van der Waals surface area contributed by atoms with E-state index in [1.807, 2.05) is 66.0 Å². The van der Waals surface area contributed by atoms with Gasteiger partial charge in [-0.15, -0.1) is 11.3 Å². The second-order valence-electron chi connectivity index (χ2n) is 4.69. The van der Waals surface area contributed by atoms with Crippen molar-refractivity contribution in [3.63, 3.8) is 0 Å². The molecule has 1 unspecified atom stereocenters. The van der Waals surface area contributed by atoms with Gasteiger partial charge in [0.15, 0.2) is 5.13 Å². The van der Waals surface area contributed by atoms with Gasteiger partial charge in [-0.3, -0.25) is 0 Å². The number of rotatable bonds is 5. The van der Waals surface area contributed by atoms with Crippen molar-refractivity contribution in [3.05, 3.63) is 71.6 Å². The number of nitrogens with one attached hydrogen (secondary N) is 1. The Bertz CT molecular complexity index is 682. The Kier molecular flexibility index (Phi) is 4.28. The van der Waals surface area contributed by atoms with Gasteiger partial charge in [-0.25, -0.2) is 4.98 Å². The van der Waals surface area contributed by atoms with Gasteiger partial charge in [0.25, 0.3) is 0 Å². The topological polar surface area (TPSA) is 45.1 Å². The van der Waals surface area contributed by atoms with E-state index in [4.69, 9.17) is 0 Å². The van der Waals surface area contributed by atoms with Crippen LogP contribution in [0.1, 0.15) is 11.6 Å². The molecule has 0 saturated heterocycles. The molecule has 4 heteroatoms. The van der Waals surface area contributed by atoms with Crippen molar-refractivity contribution in [2.45, 2.75) is 6.04 Å². The van der Waals surface area contributed by atoms with Crippen LogP contribution in [-0.2, 0) is 0 Å². The second kappa shape index (κ2) is 6.52. The van der Waals surface area contributed by atoms with Crippen molar-refractivity contribution in [2.24, 2.45) is 0 Å². The van der Waals surface area contributed by atoms with Crippen LogP contribution >= 0.6 is 11.3 Å². The Morgan fingerprint density at radius 1 is 1.00 bits per heavy atom. The summed E-state index contributed by atoms with van der Waals surface area (Å²) in [5, 5.41) is 15.7. The first-order valence-corrected chi connectivity index (χ1v) is 7.68. The quantitative estimate of drug-likeness (QED) is 0.749. The van der Waals surface area contributed by atoms with Crippen LogP contribution in [0.15, 0.2) is 66.0 Å². The van der Waals surface area contributed by atoms with Gasteiger partial charge in [0.2, 0.25) is 0 Å². The van der Waals surface area contributed by atoms with E-state index in [9.17, 15) is 5.11 Å². The van der Waals surface area contributed by atoms with Crippen LogP contribution in [0, 0.1) is 0 Å². The molecule has 0 aliphatic carbocycles.